The zero-order valence-corrected chi connectivity index (χ0v) is 11.0. The second kappa shape index (κ2) is 2.91. The first kappa shape index (κ1) is 10.8. The van der Waals surface area contributed by atoms with Gasteiger partial charge in [0.25, 0.3) is 0 Å². The normalized spacial score (nSPS) is 55.1. The first-order chi connectivity index (χ1) is 7.38. The Kier molecular flexibility index (Phi) is 1.97. The number of hydrogen-bond donors (Lipinski definition) is 0. The van der Waals surface area contributed by atoms with Crippen molar-refractivity contribution < 1.29 is 4.79 Å². The van der Waals surface area contributed by atoms with Gasteiger partial charge in [0, 0.05) is 10.8 Å². The third kappa shape index (κ3) is 1.05. The molecule has 4 rings (SSSR count). The fourth-order valence-corrected chi connectivity index (χ4v) is 5.37. The van der Waals surface area contributed by atoms with Crippen molar-refractivity contribution in [3.05, 3.63) is 0 Å². The summed E-state index contributed by atoms with van der Waals surface area (Å²) in [4.78, 5) is 12.7. The van der Waals surface area contributed by atoms with E-state index >= 15 is 0 Å². The molecule has 0 heterocycles. The fourth-order valence-electron chi connectivity index (χ4n) is 5.37. The molecule has 0 N–H and O–H groups in total. The Bertz CT molecular complexity index is 345. The minimum Gasteiger partial charge on any atom is -0.298 e. The van der Waals surface area contributed by atoms with Gasteiger partial charge in [0.05, 0.1) is 0 Å². The van der Waals surface area contributed by atoms with Crippen LogP contribution in [0.1, 0.15) is 53.4 Å². The highest BCUT2D eigenvalue weighted by atomic mass is 16.1. The Morgan fingerprint density at radius 2 is 1.94 bits per heavy atom. The Morgan fingerprint density at radius 1 is 1.25 bits per heavy atom. The summed E-state index contributed by atoms with van der Waals surface area (Å²) in [5.74, 6) is 3.73. The Labute approximate surface area is 99.0 Å². The summed E-state index contributed by atoms with van der Waals surface area (Å²) in [5.41, 5.74) is 0.0860. The molecule has 0 aromatic carbocycles. The molecule has 0 saturated heterocycles. The summed E-state index contributed by atoms with van der Waals surface area (Å²) in [7, 11) is 0. The quantitative estimate of drug-likeness (QED) is 0.659. The molecule has 0 aromatic rings. The van der Waals surface area contributed by atoms with E-state index in [9.17, 15) is 4.79 Å². The lowest BCUT2D eigenvalue weighted by molar-refractivity contribution is -0.154. The molecule has 0 spiro atoms. The molecular formula is C15H24O. The van der Waals surface area contributed by atoms with Gasteiger partial charge in [-0.15, -0.1) is 0 Å². The van der Waals surface area contributed by atoms with E-state index in [2.05, 4.69) is 27.7 Å². The highest BCUT2D eigenvalue weighted by Gasteiger charge is 2.66. The molecule has 0 radical (unpaired) electrons. The summed E-state index contributed by atoms with van der Waals surface area (Å²) < 4.78 is 0. The summed E-state index contributed by atoms with van der Waals surface area (Å²) in [6.07, 6.45) is 4.84. The summed E-state index contributed by atoms with van der Waals surface area (Å²) in [6, 6.07) is 0. The average molecular weight is 220 g/mol. The molecule has 0 aromatic heterocycles. The monoisotopic (exact) mass is 220 g/mol. The Hall–Kier alpha value is -0.330. The van der Waals surface area contributed by atoms with E-state index in [4.69, 9.17) is 0 Å². The first-order valence-electron chi connectivity index (χ1n) is 6.93. The van der Waals surface area contributed by atoms with E-state index in [-0.39, 0.29) is 10.8 Å². The third-order valence-corrected chi connectivity index (χ3v) is 6.16. The SMILES string of the molecule is CC(C)[C@H]1C[C@]2(C)C(=O)[C@@]3(C)CC[C@H]2[C@@H]1C3. The van der Waals surface area contributed by atoms with Crippen molar-refractivity contribution in [1.82, 2.24) is 0 Å². The largest absolute Gasteiger partial charge is 0.298 e. The average Bonchev–Trinajstić information content (AvgIpc) is 2.47. The van der Waals surface area contributed by atoms with Crippen LogP contribution in [0.3, 0.4) is 0 Å². The molecule has 16 heavy (non-hydrogen) atoms. The molecule has 1 heteroatoms. The number of rotatable bonds is 1. The van der Waals surface area contributed by atoms with Crippen LogP contribution in [0.5, 0.6) is 0 Å². The molecule has 0 aliphatic heterocycles. The lowest BCUT2D eigenvalue weighted by atomic mass is 9.50. The standard InChI is InChI=1S/C15H24O/c1-9(2)10-8-15(4)12-5-6-14(3,13(15)16)7-11(10)12/h9-12H,5-8H2,1-4H3/t10-,11-,12+,14+,15+/m1/s1. The van der Waals surface area contributed by atoms with Crippen LogP contribution in [0.2, 0.25) is 0 Å². The van der Waals surface area contributed by atoms with Crippen molar-refractivity contribution in [1.29, 1.82) is 0 Å². The van der Waals surface area contributed by atoms with E-state index in [0.29, 0.717) is 11.7 Å². The first-order valence-corrected chi connectivity index (χ1v) is 6.93. The predicted octanol–water partition coefficient (Wildman–Crippen LogP) is 3.67. The second-order valence-electron chi connectivity index (χ2n) is 7.43. The minimum absolute atomic E-state index is 0.0395. The third-order valence-electron chi connectivity index (χ3n) is 6.16. The zero-order valence-electron chi connectivity index (χ0n) is 11.0. The van der Waals surface area contributed by atoms with E-state index < -0.39 is 0 Å². The fraction of sp³-hybridized carbons (Fsp3) is 0.933. The number of carbonyl (C=O) groups excluding carboxylic acids is 1. The Balaban J connectivity index is 2.05. The topological polar surface area (TPSA) is 17.1 Å². The molecule has 0 unspecified atom stereocenters. The summed E-state index contributed by atoms with van der Waals surface area (Å²) in [5, 5.41) is 0. The number of carbonyl (C=O) groups is 1. The van der Waals surface area contributed by atoms with E-state index in [0.717, 1.165) is 24.2 Å². The lowest BCUT2D eigenvalue weighted by Crippen LogP contribution is -2.53. The van der Waals surface area contributed by atoms with E-state index in [1.807, 2.05) is 0 Å². The highest BCUT2D eigenvalue weighted by molar-refractivity contribution is 5.92. The van der Waals surface area contributed by atoms with Gasteiger partial charge in [0.15, 0.2) is 0 Å². The van der Waals surface area contributed by atoms with Gasteiger partial charge in [-0.1, -0.05) is 27.7 Å². The van der Waals surface area contributed by atoms with Crippen LogP contribution in [0.25, 0.3) is 0 Å². The smallest absolute Gasteiger partial charge is 0.144 e. The predicted molar refractivity (Wildman–Crippen MR) is 65.0 cm³/mol. The maximum absolute atomic E-state index is 12.7. The van der Waals surface area contributed by atoms with Crippen molar-refractivity contribution in [3.63, 3.8) is 0 Å². The number of hydrogen-bond acceptors (Lipinski definition) is 1. The van der Waals surface area contributed by atoms with Crippen molar-refractivity contribution in [2.75, 3.05) is 0 Å². The van der Waals surface area contributed by atoms with Crippen LogP contribution >= 0.6 is 0 Å². The molecule has 5 atom stereocenters. The second-order valence-corrected chi connectivity index (χ2v) is 7.43. The van der Waals surface area contributed by atoms with Gasteiger partial charge >= 0.3 is 0 Å². The maximum Gasteiger partial charge on any atom is 0.144 e. The molecule has 90 valence electrons. The summed E-state index contributed by atoms with van der Waals surface area (Å²) >= 11 is 0. The van der Waals surface area contributed by atoms with Crippen molar-refractivity contribution in [2.24, 2.45) is 34.5 Å². The molecule has 1 nitrogen and oxygen atoms in total. The van der Waals surface area contributed by atoms with E-state index in [1.54, 1.807) is 0 Å². The van der Waals surface area contributed by atoms with Crippen LogP contribution < -0.4 is 0 Å². The van der Waals surface area contributed by atoms with Crippen LogP contribution in [0.4, 0.5) is 0 Å². The van der Waals surface area contributed by atoms with Crippen molar-refractivity contribution in [3.8, 4) is 0 Å². The van der Waals surface area contributed by atoms with Gasteiger partial charge in [0.2, 0.25) is 0 Å². The van der Waals surface area contributed by atoms with Crippen molar-refractivity contribution in [2.45, 2.75) is 53.4 Å². The molecule has 4 bridgehead atoms. The molecule has 4 fully saturated rings. The van der Waals surface area contributed by atoms with Crippen molar-refractivity contribution >= 4 is 5.78 Å². The van der Waals surface area contributed by atoms with E-state index in [1.165, 1.54) is 19.3 Å². The highest BCUT2D eigenvalue weighted by Crippen LogP contribution is 2.68. The maximum atomic E-state index is 12.7. The van der Waals surface area contributed by atoms with Gasteiger partial charge in [-0.05, 0) is 49.4 Å². The van der Waals surface area contributed by atoms with Gasteiger partial charge in [-0.2, -0.15) is 0 Å². The van der Waals surface area contributed by atoms with Gasteiger partial charge in [0.1, 0.15) is 5.78 Å². The van der Waals surface area contributed by atoms with Crippen LogP contribution in [0, 0.1) is 34.5 Å². The van der Waals surface area contributed by atoms with Gasteiger partial charge in [-0.3, -0.25) is 4.79 Å². The molecule has 0 amide bonds. The van der Waals surface area contributed by atoms with Crippen LogP contribution in [-0.2, 0) is 4.79 Å². The Morgan fingerprint density at radius 3 is 2.56 bits per heavy atom. The number of Topliss-reactive ketones (excluding diaryl/α,β-unsaturated/α-hetero) is 1. The molecule has 4 saturated carbocycles. The van der Waals surface area contributed by atoms with Crippen LogP contribution in [0.15, 0.2) is 0 Å². The van der Waals surface area contributed by atoms with Crippen LogP contribution in [-0.4, -0.2) is 5.78 Å². The van der Waals surface area contributed by atoms with Gasteiger partial charge in [-0.25, -0.2) is 0 Å². The lowest BCUT2D eigenvalue weighted by Gasteiger charge is -2.53. The number of fused-ring (bicyclic) bond motifs is 1. The minimum atomic E-state index is 0.0395. The molecule has 4 aliphatic carbocycles. The van der Waals surface area contributed by atoms with Gasteiger partial charge < -0.3 is 0 Å². The molecule has 4 aliphatic rings. The number of ketones is 1. The summed E-state index contributed by atoms with van der Waals surface area (Å²) in [6.45, 7) is 9.19. The molecular weight excluding hydrogens is 196 g/mol. The zero-order chi connectivity index (χ0) is 11.7.